The van der Waals surface area contributed by atoms with Gasteiger partial charge in [-0.2, -0.15) is 0 Å². The molecule has 2 aromatic carbocycles. The van der Waals surface area contributed by atoms with E-state index >= 15 is 0 Å². The first-order chi connectivity index (χ1) is 14.2. The number of nitrogens with one attached hydrogen (secondary N) is 1. The van der Waals surface area contributed by atoms with Gasteiger partial charge in [0.05, 0.1) is 11.3 Å². The molecule has 1 amide bonds. The van der Waals surface area contributed by atoms with Gasteiger partial charge in [-0.1, -0.05) is 29.8 Å². The Morgan fingerprint density at radius 1 is 1.07 bits per heavy atom. The number of ether oxygens (including phenoxy) is 2. The third-order valence-corrected chi connectivity index (χ3v) is 5.77. The molecule has 2 aromatic rings. The van der Waals surface area contributed by atoms with Crippen LogP contribution in [-0.4, -0.2) is 51.6 Å². The lowest BCUT2D eigenvalue weighted by Gasteiger charge is -2.18. The Morgan fingerprint density at radius 2 is 1.73 bits per heavy atom. The van der Waals surface area contributed by atoms with E-state index in [1.807, 2.05) is 31.2 Å². The van der Waals surface area contributed by atoms with Gasteiger partial charge in [-0.25, -0.2) is 13.2 Å². The molecule has 0 aliphatic rings. The Balaban J connectivity index is 1.95. The highest BCUT2D eigenvalue weighted by atomic mass is 79.9. The number of hydrogen-bond acceptors (Lipinski definition) is 6. The molecule has 0 unspecified atom stereocenters. The topological polar surface area (TPSA) is 98.8 Å². The first kappa shape index (κ1) is 23.9. The second-order valence-electron chi connectivity index (χ2n) is 6.75. The van der Waals surface area contributed by atoms with Gasteiger partial charge in [0, 0.05) is 10.7 Å². The fraction of sp³-hybridized carbons (Fsp3) is 0.333. The number of carbonyl (C=O) groups is 2. The van der Waals surface area contributed by atoms with Crippen LogP contribution in [0.2, 0.25) is 0 Å². The third-order valence-electron chi connectivity index (χ3n) is 4.10. The van der Waals surface area contributed by atoms with E-state index in [0.29, 0.717) is 15.8 Å². The van der Waals surface area contributed by atoms with Crippen LogP contribution >= 0.6 is 15.9 Å². The van der Waals surface area contributed by atoms with E-state index in [0.717, 1.165) is 11.8 Å². The highest BCUT2D eigenvalue weighted by Gasteiger charge is 2.25. The second kappa shape index (κ2) is 11.1. The predicted molar refractivity (Wildman–Crippen MR) is 117 cm³/mol. The standard InChI is InChI=1S/C21H24BrNO6S/c1-15-7-9-16(10-8-15)28-12-13-29-21(25)19(11-14-30(2,26)27)23-20(24)17-5-3-4-6-18(17)22/h3-10,19H,11-14H2,1-2H3,(H,23,24)/t19-/m1/s1. The van der Waals surface area contributed by atoms with Gasteiger partial charge in [-0.3, -0.25) is 4.79 Å². The molecule has 0 fully saturated rings. The van der Waals surface area contributed by atoms with Crippen LogP contribution in [0.15, 0.2) is 53.0 Å². The highest BCUT2D eigenvalue weighted by molar-refractivity contribution is 9.10. The minimum absolute atomic E-state index is 0.0347. The monoisotopic (exact) mass is 497 g/mol. The molecule has 0 aliphatic heterocycles. The molecule has 1 N–H and O–H groups in total. The maximum Gasteiger partial charge on any atom is 0.328 e. The molecular weight excluding hydrogens is 474 g/mol. The van der Waals surface area contributed by atoms with Gasteiger partial charge in [0.25, 0.3) is 5.91 Å². The Morgan fingerprint density at radius 3 is 2.37 bits per heavy atom. The zero-order valence-corrected chi connectivity index (χ0v) is 19.2. The maximum absolute atomic E-state index is 12.5. The van der Waals surface area contributed by atoms with Gasteiger partial charge in [0.2, 0.25) is 0 Å². The zero-order valence-electron chi connectivity index (χ0n) is 16.8. The van der Waals surface area contributed by atoms with Crippen LogP contribution in [0.25, 0.3) is 0 Å². The largest absolute Gasteiger partial charge is 0.490 e. The van der Waals surface area contributed by atoms with Crippen molar-refractivity contribution in [3.05, 3.63) is 64.1 Å². The number of carbonyl (C=O) groups excluding carboxylic acids is 2. The molecule has 0 spiro atoms. The SMILES string of the molecule is Cc1ccc(OCCOC(=O)[C@@H](CCS(C)(=O)=O)NC(=O)c2ccccc2Br)cc1. The summed E-state index contributed by atoms with van der Waals surface area (Å²) >= 11 is 3.28. The number of esters is 1. The van der Waals surface area contributed by atoms with Crippen molar-refractivity contribution in [2.75, 3.05) is 25.2 Å². The Kier molecular flexibility index (Phi) is 8.86. The van der Waals surface area contributed by atoms with Crippen LogP contribution in [0.1, 0.15) is 22.3 Å². The number of sulfone groups is 1. The molecule has 0 aromatic heterocycles. The normalized spacial score (nSPS) is 12.1. The fourth-order valence-electron chi connectivity index (χ4n) is 2.50. The van der Waals surface area contributed by atoms with E-state index in [9.17, 15) is 18.0 Å². The molecule has 0 radical (unpaired) electrons. The van der Waals surface area contributed by atoms with E-state index in [1.54, 1.807) is 24.3 Å². The Bertz CT molecular complexity index is 975. The van der Waals surface area contributed by atoms with Gasteiger partial charge in [0.1, 0.15) is 34.8 Å². The summed E-state index contributed by atoms with van der Waals surface area (Å²) in [5.41, 5.74) is 1.43. The van der Waals surface area contributed by atoms with Crippen LogP contribution in [0.3, 0.4) is 0 Å². The first-order valence-electron chi connectivity index (χ1n) is 9.25. The van der Waals surface area contributed by atoms with Crippen molar-refractivity contribution in [1.29, 1.82) is 0 Å². The maximum atomic E-state index is 12.5. The highest BCUT2D eigenvalue weighted by Crippen LogP contribution is 2.16. The second-order valence-corrected chi connectivity index (χ2v) is 9.87. The molecule has 9 heteroatoms. The Labute approximate surface area is 184 Å². The van der Waals surface area contributed by atoms with Crippen molar-refractivity contribution < 1.29 is 27.5 Å². The molecule has 0 saturated carbocycles. The number of rotatable bonds is 10. The molecule has 1 atom stereocenters. The van der Waals surface area contributed by atoms with E-state index in [2.05, 4.69) is 21.2 Å². The minimum atomic E-state index is -3.32. The predicted octanol–water partition coefficient (Wildman–Crippen LogP) is 2.91. The lowest BCUT2D eigenvalue weighted by molar-refractivity contribution is -0.146. The smallest absolute Gasteiger partial charge is 0.328 e. The van der Waals surface area contributed by atoms with Crippen molar-refractivity contribution in [2.45, 2.75) is 19.4 Å². The summed E-state index contributed by atoms with van der Waals surface area (Å²) in [6.45, 7) is 2.06. The molecule has 0 saturated heterocycles. The molecule has 30 heavy (non-hydrogen) atoms. The number of amides is 1. The average Bonchev–Trinajstić information content (AvgIpc) is 2.69. The van der Waals surface area contributed by atoms with Crippen molar-refractivity contribution in [3.8, 4) is 5.75 Å². The van der Waals surface area contributed by atoms with Crippen LogP contribution in [0.5, 0.6) is 5.75 Å². The van der Waals surface area contributed by atoms with Crippen molar-refractivity contribution in [1.82, 2.24) is 5.32 Å². The van der Waals surface area contributed by atoms with Crippen LogP contribution in [0, 0.1) is 6.92 Å². The summed E-state index contributed by atoms with van der Waals surface area (Å²) in [4.78, 5) is 25.0. The summed E-state index contributed by atoms with van der Waals surface area (Å²) < 4.78 is 34.3. The van der Waals surface area contributed by atoms with Gasteiger partial charge < -0.3 is 14.8 Å². The van der Waals surface area contributed by atoms with Crippen LogP contribution < -0.4 is 10.1 Å². The van der Waals surface area contributed by atoms with Crippen LogP contribution in [0.4, 0.5) is 0 Å². The van der Waals surface area contributed by atoms with Crippen molar-refractivity contribution in [3.63, 3.8) is 0 Å². The zero-order chi connectivity index (χ0) is 22.1. The van der Waals surface area contributed by atoms with Gasteiger partial charge in [0.15, 0.2) is 0 Å². The summed E-state index contributed by atoms with van der Waals surface area (Å²) in [5, 5.41) is 2.56. The van der Waals surface area contributed by atoms with E-state index < -0.39 is 27.8 Å². The van der Waals surface area contributed by atoms with Gasteiger partial charge in [-0.05, 0) is 53.5 Å². The lowest BCUT2D eigenvalue weighted by atomic mass is 10.1. The number of hydrogen-bond donors (Lipinski definition) is 1. The van der Waals surface area contributed by atoms with Gasteiger partial charge in [-0.15, -0.1) is 0 Å². The quantitative estimate of drug-likeness (QED) is 0.400. The fourth-order valence-corrected chi connectivity index (χ4v) is 3.63. The molecule has 7 nitrogen and oxygen atoms in total. The summed E-state index contributed by atoms with van der Waals surface area (Å²) in [6, 6.07) is 13.1. The Hall–Kier alpha value is -2.39. The summed E-state index contributed by atoms with van der Waals surface area (Å²) in [5.74, 6) is -0.837. The van der Waals surface area contributed by atoms with Crippen molar-refractivity contribution >= 4 is 37.6 Å². The molecule has 0 heterocycles. The summed E-state index contributed by atoms with van der Waals surface area (Å²) in [6.07, 6.45) is 0.979. The number of benzene rings is 2. The minimum Gasteiger partial charge on any atom is -0.490 e. The molecule has 2 rings (SSSR count). The summed E-state index contributed by atoms with van der Waals surface area (Å²) in [7, 11) is -3.32. The van der Waals surface area contributed by atoms with Crippen LogP contribution in [-0.2, 0) is 19.4 Å². The number of halogens is 1. The van der Waals surface area contributed by atoms with Gasteiger partial charge >= 0.3 is 5.97 Å². The first-order valence-corrected chi connectivity index (χ1v) is 12.1. The third kappa shape index (κ3) is 8.16. The number of aryl methyl sites for hydroxylation is 1. The molecular formula is C21H24BrNO6S. The lowest BCUT2D eigenvalue weighted by Crippen LogP contribution is -2.43. The van der Waals surface area contributed by atoms with E-state index in [1.165, 1.54) is 0 Å². The molecule has 0 aliphatic carbocycles. The molecule has 0 bridgehead atoms. The molecule has 162 valence electrons. The van der Waals surface area contributed by atoms with E-state index in [-0.39, 0.29) is 25.4 Å². The van der Waals surface area contributed by atoms with Crippen molar-refractivity contribution in [2.24, 2.45) is 0 Å². The average molecular weight is 498 g/mol. The van der Waals surface area contributed by atoms with E-state index in [4.69, 9.17) is 9.47 Å².